The Kier molecular flexibility index (Phi) is 5.10. The molecule has 0 saturated carbocycles. The number of methoxy groups -OCH3 is 2. The Labute approximate surface area is 207 Å². The molecule has 0 N–H and O–H groups in total. The van der Waals surface area contributed by atoms with Gasteiger partial charge in [0.15, 0.2) is 5.78 Å². The molecule has 8 nitrogen and oxygen atoms in total. The number of hydrogen-bond acceptors (Lipinski definition) is 7. The van der Waals surface area contributed by atoms with Crippen molar-refractivity contribution in [3.05, 3.63) is 89.5 Å². The highest BCUT2D eigenvalue weighted by Crippen LogP contribution is 2.53. The quantitative estimate of drug-likeness (QED) is 0.410. The Morgan fingerprint density at radius 2 is 1.53 bits per heavy atom. The summed E-state index contributed by atoms with van der Waals surface area (Å²) in [5.41, 5.74) is 2.53. The molecule has 0 aromatic heterocycles. The van der Waals surface area contributed by atoms with Crippen molar-refractivity contribution < 1.29 is 23.9 Å². The third-order valence-corrected chi connectivity index (χ3v) is 7.26. The highest BCUT2D eigenvalue weighted by atomic mass is 16.5. The van der Waals surface area contributed by atoms with Gasteiger partial charge in [0.1, 0.15) is 17.5 Å². The number of imide groups is 1. The number of para-hydroxylation sites is 2. The van der Waals surface area contributed by atoms with Crippen molar-refractivity contribution in [1.29, 1.82) is 0 Å². The summed E-state index contributed by atoms with van der Waals surface area (Å²) in [6.45, 7) is 0. The van der Waals surface area contributed by atoms with Gasteiger partial charge in [-0.15, -0.1) is 0 Å². The second kappa shape index (κ2) is 8.34. The molecule has 0 spiro atoms. The van der Waals surface area contributed by atoms with E-state index in [0.29, 0.717) is 22.7 Å². The molecule has 2 saturated heterocycles. The van der Waals surface area contributed by atoms with E-state index in [4.69, 9.17) is 9.47 Å². The molecule has 36 heavy (non-hydrogen) atoms. The average Bonchev–Trinajstić information content (AvgIpc) is 3.40. The molecule has 3 aromatic rings. The summed E-state index contributed by atoms with van der Waals surface area (Å²) >= 11 is 0. The van der Waals surface area contributed by atoms with Gasteiger partial charge in [0.25, 0.3) is 0 Å². The molecule has 3 aliphatic heterocycles. The minimum absolute atomic E-state index is 0.269. The first-order chi connectivity index (χ1) is 17.5. The lowest BCUT2D eigenvalue weighted by molar-refractivity contribution is -0.124. The highest BCUT2D eigenvalue weighted by molar-refractivity contribution is 6.25. The molecule has 4 atom stereocenters. The second-order valence-corrected chi connectivity index (χ2v) is 8.97. The zero-order chi connectivity index (χ0) is 25.0. The van der Waals surface area contributed by atoms with Crippen LogP contribution < -0.4 is 14.4 Å². The van der Waals surface area contributed by atoms with E-state index >= 15 is 0 Å². The number of benzene rings is 3. The lowest BCUT2D eigenvalue weighted by Gasteiger charge is -2.34. The first kappa shape index (κ1) is 22.0. The monoisotopic (exact) mass is 481 g/mol. The molecule has 8 heteroatoms. The normalized spacial score (nSPS) is 23.8. The van der Waals surface area contributed by atoms with Gasteiger partial charge in [-0.05, 0) is 47.5 Å². The number of carbonyl (C=O) groups is 3. The van der Waals surface area contributed by atoms with Gasteiger partial charge in [-0.2, -0.15) is 5.10 Å². The number of hydrogen-bond donors (Lipinski definition) is 0. The molecule has 0 unspecified atom stereocenters. The number of ether oxygens (including phenoxy) is 2. The predicted octanol–water partition coefficient (Wildman–Crippen LogP) is 3.47. The van der Waals surface area contributed by atoms with Gasteiger partial charge < -0.3 is 9.47 Å². The maximum Gasteiger partial charge on any atom is 0.240 e. The summed E-state index contributed by atoms with van der Waals surface area (Å²) in [5.74, 6) is -1.69. The molecule has 180 valence electrons. The smallest absolute Gasteiger partial charge is 0.240 e. The Hall–Kier alpha value is -4.46. The summed E-state index contributed by atoms with van der Waals surface area (Å²) in [6, 6.07) is 19.8. The average molecular weight is 482 g/mol. The lowest BCUT2D eigenvalue weighted by Crippen LogP contribution is -2.44. The van der Waals surface area contributed by atoms with E-state index in [1.54, 1.807) is 66.9 Å². The zero-order valence-electron chi connectivity index (χ0n) is 19.7. The summed E-state index contributed by atoms with van der Waals surface area (Å²) in [7, 11) is 3.05. The van der Waals surface area contributed by atoms with Crippen LogP contribution in [0.4, 0.5) is 5.69 Å². The van der Waals surface area contributed by atoms with Gasteiger partial charge in [-0.3, -0.25) is 19.4 Å². The molecule has 0 radical (unpaired) electrons. The minimum atomic E-state index is -0.936. The van der Waals surface area contributed by atoms with Crippen molar-refractivity contribution in [3.8, 4) is 11.5 Å². The standard InChI is InChI=1S/C28H23N3O5/c1-35-18-13-11-16(12-14-18)26(32)25-23-22(24-19-8-4-3-7-17(19)15-29-31(24)25)27(33)30(28(23)34)20-9-5-6-10-21(20)36-2/h3-15,22-25H,1-2H3/t22-,23+,24+,25-/m1/s1. The number of anilines is 1. The van der Waals surface area contributed by atoms with Crippen LogP contribution in [0.25, 0.3) is 0 Å². The van der Waals surface area contributed by atoms with Gasteiger partial charge in [0.2, 0.25) is 11.8 Å². The van der Waals surface area contributed by atoms with Gasteiger partial charge in [0, 0.05) is 5.56 Å². The van der Waals surface area contributed by atoms with Gasteiger partial charge in [-0.1, -0.05) is 36.4 Å². The zero-order valence-corrected chi connectivity index (χ0v) is 19.7. The van der Waals surface area contributed by atoms with E-state index in [2.05, 4.69) is 5.10 Å². The number of Topliss-reactive ketones (excluding diaryl/α,β-unsaturated/α-hetero) is 1. The van der Waals surface area contributed by atoms with Crippen LogP contribution in [-0.2, 0) is 9.59 Å². The molecule has 0 bridgehead atoms. The predicted molar refractivity (Wildman–Crippen MR) is 132 cm³/mol. The molecule has 3 heterocycles. The van der Waals surface area contributed by atoms with Crippen LogP contribution in [0.2, 0.25) is 0 Å². The topological polar surface area (TPSA) is 88.5 Å². The number of hydrazone groups is 1. The molecular formula is C28H23N3O5. The van der Waals surface area contributed by atoms with Crippen molar-refractivity contribution in [1.82, 2.24) is 5.01 Å². The molecular weight excluding hydrogens is 458 g/mol. The fourth-order valence-electron chi connectivity index (χ4n) is 5.65. The highest BCUT2D eigenvalue weighted by Gasteiger charge is 2.65. The van der Waals surface area contributed by atoms with E-state index in [-0.39, 0.29) is 11.7 Å². The Morgan fingerprint density at radius 1 is 0.833 bits per heavy atom. The minimum Gasteiger partial charge on any atom is -0.497 e. The number of nitrogens with zero attached hydrogens (tertiary/aromatic N) is 3. The van der Waals surface area contributed by atoms with Crippen LogP contribution in [0.1, 0.15) is 27.5 Å². The maximum absolute atomic E-state index is 14.0. The number of rotatable bonds is 5. The third-order valence-electron chi connectivity index (χ3n) is 7.26. The van der Waals surface area contributed by atoms with Crippen molar-refractivity contribution >= 4 is 29.5 Å². The third kappa shape index (κ3) is 3.07. The second-order valence-electron chi connectivity index (χ2n) is 8.97. The van der Waals surface area contributed by atoms with E-state index < -0.39 is 29.8 Å². The lowest BCUT2D eigenvalue weighted by atomic mass is 9.83. The molecule has 6 rings (SSSR count). The van der Waals surface area contributed by atoms with Gasteiger partial charge in [-0.25, -0.2) is 4.90 Å². The fourth-order valence-corrected chi connectivity index (χ4v) is 5.65. The van der Waals surface area contributed by atoms with E-state index in [1.807, 2.05) is 24.3 Å². The van der Waals surface area contributed by atoms with Crippen LogP contribution in [0, 0.1) is 11.8 Å². The maximum atomic E-state index is 14.0. The summed E-state index contributed by atoms with van der Waals surface area (Å²) in [4.78, 5) is 43.0. The van der Waals surface area contributed by atoms with E-state index in [1.165, 1.54) is 12.0 Å². The molecule has 2 amide bonds. The Balaban J connectivity index is 1.49. The largest absolute Gasteiger partial charge is 0.497 e. The molecule has 0 aliphatic carbocycles. The number of amides is 2. The van der Waals surface area contributed by atoms with Crippen molar-refractivity contribution in [2.75, 3.05) is 19.1 Å². The van der Waals surface area contributed by atoms with E-state index in [0.717, 1.165) is 11.1 Å². The van der Waals surface area contributed by atoms with Crippen LogP contribution in [0.15, 0.2) is 77.9 Å². The van der Waals surface area contributed by atoms with Crippen LogP contribution in [0.5, 0.6) is 11.5 Å². The van der Waals surface area contributed by atoms with Crippen LogP contribution >= 0.6 is 0 Å². The summed E-state index contributed by atoms with van der Waals surface area (Å²) < 4.78 is 10.7. The SMILES string of the molecule is COc1ccc(C(=O)[C@H]2[C@H]3C(=O)N(c4ccccc4OC)C(=O)[C@H]3[C@@H]3c4ccccc4C=NN23)cc1. The number of carbonyl (C=O) groups excluding carboxylic acids is 3. The molecule has 3 aliphatic rings. The fraction of sp³-hybridized carbons (Fsp3) is 0.214. The Bertz CT molecular complexity index is 1420. The van der Waals surface area contributed by atoms with Gasteiger partial charge in [0.05, 0.1) is 44.0 Å². The summed E-state index contributed by atoms with van der Waals surface area (Å²) in [6.07, 6.45) is 1.69. The first-order valence-corrected chi connectivity index (χ1v) is 11.7. The number of ketones is 1. The van der Waals surface area contributed by atoms with Crippen LogP contribution in [-0.4, -0.2) is 49.1 Å². The van der Waals surface area contributed by atoms with Gasteiger partial charge >= 0.3 is 0 Å². The molecule has 3 aromatic carbocycles. The van der Waals surface area contributed by atoms with Crippen molar-refractivity contribution in [3.63, 3.8) is 0 Å². The van der Waals surface area contributed by atoms with Crippen LogP contribution in [0.3, 0.4) is 0 Å². The Morgan fingerprint density at radius 3 is 2.28 bits per heavy atom. The summed E-state index contributed by atoms with van der Waals surface area (Å²) in [5, 5.41) is 6.24. The number of fused-ring (bicyclic) bond motifs is 5. The first-order valence-electron chi connectivity index (χ1n) is 11.7. The molecule has 2 fully saturated rings. The van der Waals surface area contributed by atoms with E-state index in [9.17, 15) is 14.4 Å². The van der Waals surface area contributed by atoms with Crippen molar-refractivity contribution in [2.24, 2.45) is 16.9 Å². The van der Waals surface area contributed by atoms with Crippen molar-refractivity contribution in [2.45, 2.75) is 12.1 Å².